The highest BCUT2D eigenvalue weighted by Crippen LogP contribution is 2.23. The number of carbonyl (C=O) groups is 1. The number of halogens is 2. The molecule has 150 valence electrons. The number of hydrazone groups is 1. The Labute approximate surface area is 180 Å². The highest BCUT2D eigenvalue weighted by Gasteiger charge is 2.11. The van der Waals surface area contributed by atoms with E-state index in [1.54, 1.807) is 54.6 Å². The summed E-state index contributed by atoms with van der Waals surface area (Å²) < 4.78 is 25.6. The van der Waals surface area contributed by atoms with Crippen LogP contribution in [0.2, 0.25) is 0 Å². The quantitative estimate of drug-likeness (QED) is 0.293. The van der Waals surface area contributed by atoms with Crippen molar-refractivity contribution in [2.24, 2.45) is 5.10 Å². The monoisotopic (exact) mass is 466 g/mol. The van der Waals surface area contributed by atoms with Gasteiger partial charge in [0.2, 0.25) is 0 Å². The molecule has 0 radical (unpaired) electrons. The normalized spacial score (nSPS) is 11.1. The van der Waals surface area contributed by atoms with Gasteiger partial charge in [0.25, 0.3) is 0 Å². The van der Waals surface area contributed by atoms with Crippen LogP contribution in [0, 0.1) is 5.82 Å². The van der Waals surface area contributed by atoms with Crippen molar-refractivity contribution in [1.82, 2.24) is 5.43 Å². The number of nitrogens with zero attached hydrogens (tertiary/aromatic N) is 1. The summed E-state index contributed by atoms with van der Waals surface area (Å²) in [6.45, 7) is 0.143. The van der Waals surface area contributed by atoms with Crippen molar-refractivity contribution < 1.29 is 18.3 Å². The third kappa shape index (κ3) is 4.75. The SMILES string of the molecule is O=C(N/N=C/c1ccc(OCc2ccccc2F)cc1)c1cc2cc(Br)ccc2o1. The largest absolute Gasteiger partial charge is 0.489 e. The molecule has 0 saturated heterocycles. The fourth-order valence-corrected chi connectivity index (χ4v) is 3.15. The summed E-state index contributed by atoms with van der Waals surface area (Å²) in [4.78, 5) is 12.2. The van der Waals surface area contributed by atoms with Gasteiger partial charge in [-0.15, -0.1) is 0 Å². The van der Waals surface area contributed by atoms with Gasteiger partial charge in [-0.05, 0) is 60.2 Å². The van der Waals surface area contributed by atoms with E-state index < -0.39 is 5.91 Å². The van der Waals surface area contributed by atoms with Gasteiger partial charge in [-0.25, -0.2) is 9.82 Å². The zero-order valence-corrected chi connectivity index (χ0v) is 17.2. The number of ether oxygens (including phenoxy) is 1. The third-order valence-electron chi connectivity index (χ3n) is 4.31. The summed E-state index contributed by atoms with van der Waals surface area (Å²) >= 11 is 3.38. The molecule has 4 rings (SSSR count). The van der Waals surface area contributed by atoms with Crippen LogP contribution in [-0.4, -0.2) is 12.1 Å². The lowest BCUT2D eigenvalue weighted by atomic mass is 10.2. The zero-order valence-electron chi connectivity index (χ0n) is 15.6. The molecule has 7 heteroatoms. The summed E-state index contributed by atoms with van der Waals surface area (Å²) in [5, 5.41) is 4.78. The lowest BCUT2D eigenvalue weighted by Crippen LogP contribution is -2.16. The summed E-state index contributed by atoms with van der Waals surface area (Å²) in [6.07, 6.45) is 1.51. The van der Waals surface area contributed by atoms with Gasteiger partial charge < -0.3 is 9.15 Å². The molecule has 0 bridgehead atoms. The minimum atomic E-state index is -0.441. The van der Waals surface area contributed by atoms with Crippen LogP contribution in [0.15, 0.2) is 86.8 Å². The maximum Gasteiger partial charge on any atom is 0.307 e. The fourth-order valence-electron chi connectivity index (χ4n) is 2.77. The first kappa shape index (κ1) is 19.8. The summed E-state index contributed by atoms with van der Waals surface area (Å²) in [5.41, 5.74) is 4.32. The molecule has 1 amide bonds. The van der Waals surface area contributed by atoms with E-state index in [4.69, 9.17) is 9.15 Å². The van der Waals surface area contributed by atoms with Crippen LogP contribution in [0.3, 0.4) is 0 Å². The van der Waals surface area contributed by atoms with Crippen molar-refractivity contribution in [3.05, 3.63) is 100.0 Å². The molecule has 0 spiro atoms. The van der Waals surface area contributed by atoms with Gasteiger partial charge in [-0.2, -0.15) is 5.10 Å². The molecule has 0 saturated carbocycles. The summed E-state index contributed by atoms with van der Waals surface area (Å²) in [6, 6.07) is 20.7. The van der Waals surface area contributed by atoms with Gasteiger partial charge >= 0.3 is 5.91 Å². The van der Waals surface area contributed by atoms with Crippen LogP contribution < -0.4 is 10.2 Å². The van der Waals surface area contributed by atoms with Gasteiger partial charge in [0.05, 0.1) is 6.21 Å². The first-order valence-corrected chi connectivity index (χ1v) is 9.86. The lowest BCUT2D eigenvalue weighted by Gasteiger charge is -2.07. The number of fused-ring (bicyclic) bond motifs is 1. The molecule has 0 aliphatic heterocycles. The molecular weight excluding hydrogens is 451 g/mol. The number of rotatable bonds is 6. The molecule has 0 unspecified atom stereocenters. The Kier molecular flexibility index (Phi) is 5.90. The number of nitrogens with one attached hydrogen (secondary N) is 1. The van der Waals surface area contributed by atoms with E-state index in [0.717, 1.165) is 15.4 Å². The van der Waals surface area contributed by atoms with Gasteiger partial charge in [-0.3, -0.25) is 4.79 Å². The van der Waals surface area contributed by atoms with Crippen LogP contribution in [0.1, 0.15) is 21.7 Å². The second-order valence-corrected chi connectivity index (χ2v) is 7.36. The van der Waals surface area contributed by atoms with E-state index in [2.05, 4.69) is 26.5 Å². The minimum absolute atomic E-state index is 0.143. The molecule has 5 nitrogen and oxygen atoms in total. The van der Waals surface area contributed by atoms with E-state index in [-0.39, 0.29) is 18.2 Å². The number of hydrogen-bond donors (Lipinski definition) is 1. The molecule has 3 aromatic carbocycles. The molecule has 1 heterocycles. The molecule has 30 heavy (non-hydrogen) atoms. The zero-order chi connectivity index (χ0) is 20.9. The van der Waals surface area contributed by atoms with Crippen molar-refractivity contribution in [2.45, 2.75) is 6.61 Å². The average molecular weight is 467 g/mol. The summed E-state index contributed by atoms with van der Waals surface area (Å²) in [5.74, 6) is 0.0440. The number of furan rings is 1. The van der Waals surface area contributed by atoms with Crippen LogP contribution in [0.4, 0.5) is 4.39 Å². The molecule has 0 aliphatic rings. The number of benzene rings is 3. The Hall–Kier alpha value is -3.45. The Bertz CT molecular complexity index is 1220. The van der Waals surface area contributed by atoms with E-state index in [1.807, 2.05) is 12.1 Å². The summed E-state index contributed by atoms with van der Waals surface area (Å²) in [7, 11) is 0. The van der Waals surface area contributed by atoms with E-state index in [0.29, 0.717) is 16.9 Å². The van der Waals surface area contributed by atoms with Crippen LogP contribution in [0.25, 0.3) is 11.0 Å². The average Bonchev–Trinajstić information content (AvgIpc) is 3.17. The van der Waals surface area contributed by atoms with Gasteiger partial charge in [0.1, 0.15) is 23.8 Å². The van der Waals surface area contributed by atoms with Crippen molar-refractivity contribution in [2.75, 3.05) is 0 Å². The van der Waals surface area contributed by atoms with E-state index in [9.17, 15) is 9.18 Å². The van der Waals surface area contributed by atoms with Gasteiger partial charge in [0, 0.05) is 15.4 Å². The first-order valence-electron chi connectivity index (χ1n) is 9.07. The van der Waals surface area contributed by atoms with Crippen LogP contribution >= 0.6 is 15.9 Å². The molecule has 1 N–H and O–H groups in total. The van der Waals surface area contributed by atoms with Crippen molar-refractivity contribution in [1.29, 1.82) is 0 Å². The van der Waals surface area contributed by atoms with Gasteiger partial charge in [0.15, 0.2) is 5.76 Å². The molecule has 1 aromatic heterocycles. The van der Waals surface area contributed by atoms with Crippen LogP contribution in [-0.2, 0) is 6.61 Å². The smallest absolute Gasteiger partial charge is 0.307 e. The Morgan fingerprint density at radius 3 is 2.70 bits per heavy atom. The van der Waals surface area contributed by atoms with Crippen molar-refractivity contribution >= 4 is 39.0 Å². The first-order chi connectivity index (χ1) is 14.6. The number of carbonyl (C=O) groups excluding carboxylic acids is 1. The minimum Gasteiger partial charge on any atom is -0.489 e. The molecule has 0 atom stereocenters. The molecular formula is C23H16BrFN2O3. The van der Waals surface area contributed by atoms with Gasteiger partial charge in [-0.1, -0.05) is 34.1 Å². The predicted octanol–water partition coefficient (Wildman–Crippen LogP) is 5.68. The second kappa shape index (κ2) is 8.92. The van der Waals surface area contributed by atoms with E-state index >= 15 is 0 Å². The highest BCUT2D eigenvalue weighted by molar-refractivity contribution is 9.10. The predicted molar refractivity (Wildman–Crippen MR) is 116 cm³/mol. The maximum absolute atomic E-state index is 13.6. The lowest BCUT2D eigenvalue weighted by molar-refractivity contribution is 0.0929. The maximum atomic E-state index is 13.6. The number of hydrogen-bond acceptors (Lipinski definition) is 4. The molecule has 0 fully saturated rings. The van der Waals surface area contributed by atoms with Crippen molar-refractivity contribution in [3.8, 4) is 5.75 Å². The van der Waals surface area contributed by atoms with Crippen LogP contribution in [0.5, 0.6) is 5.75 Å². The van der Waals surface area contributed by atoms with E-state index in [1.165, 1.54) is 12.3 Å². The standard InChI is InChI=1S/C23H16BrFN2O3/c24-18-7-10-21-17(11-18)12-22(30-21)23(28)27-26-13-15-5-8-19(9-6-15)29-14-16-3-1-2-4-20(16)25/h1-13H,14H2,(H,27,28)/b26-13+. The molecule has 0 aliphatic carbocycles. The fraction of sp³-hybridized carbons (Fsp3) is 0.0435. The Morgan fingerprint density at radius 1 is 1.10 bits per heavy atom. The number of amides is 1. The second-order valence-electron chi connectivity index (χ2n) is 6.44. The Balaban J connectivity index is 1.33. The third-order valence-corrected chi connectivity index (χ3v) is 4.81. The topological polar surface area (TPSA) is 63.8 Å². The highest BCUT2D eigenvalue weighted by atomic mass is 79.9. The van der Waals surface area contributed by atoms with Crippen molar-refractivity contribution in [3.63, 3.8) is 0 Å². The Morgan fingerprint density at radius 2 is 1.90 bits per heavy atom. The molecule has 4 aromatic rings.